The number of nitrogens with two attached hydrogens (primary N) is 1. The largest absolute Gasteiger partial charge is 0.399 e. The van der Waals surface area contributed by atoms with Crippen LogP contribution in [0.2, 0.25) is 13.1 Å². The van der Waals surface area contributed by atoms with Gasteiger partial charge < -0.3 is 5.73 Å². The summed E-state index contributed by atoms with van der Waals surface area (Å²) in [4.78, 5) is 0. The minimum Gasteiger partial charge on any atom is -0.399 e. The van der Waals surface area contributed by atoms with Crippen LogP contribution in [0.3, 0.4) is 0 Å². The number of hydrogen-bond acceptors (Lipinski definition) is 1. The Morgan fingerprint density at radius 2 is 1.50 bits per heavy atom. The molecular weight excluding hydrogens is 210 g/mol. The van der Waals surface area contributed by atoms with Gasteiger partial charge in [-0.25, -0.2) is 0 Å². The maximum absolute atomic E-state index is 5.71. The lowest BCUT2D eigenvalue weighted by Crippen LogP contribution is -2.24. The topological polar surface area (TPSA) is 26.0 Å². The number of anilines is 1. The van der Waals surface area contributed by atoms with Crippen LogP contribution < -0.4 is 10.9 Å². The monoisotopic (exact) mass is 226 g/mol. The molecule has 81 valence electrons. The lowest BCUT2D eigenvalue weighted by molar-refractivity contribution is 1.63. The first-order valence-corrected chi connectivity index (χ1v) is 7.94. The zero-order valence-corrected chi connectivity index (χ0v) is 10.7. The van der Waals surface area contributed by atoms with Crippen LogP contribution >= 0.6 is 0 Å². The van der Waals surface area contributed by atoms with E-state index >= 15 is 0 Å². The van der Waals surface area contributed by atoms with Crippen LogP contribution in [-0.2, 0) is 0 Å². The lowest BCUT2D eigenvalue weighted by atomic mass is 10.1. The molecule has 0 heterocycles. The molecule has 0 bridgehead atoms. The van der Waals surface area contributed by atoms with Crippen LogP contribution in [0.15, 0.2) is 48.5 Å². The van der Waals surface area contributed by atoms with Crippen molar-refractivity contribution in [3.63, 3.8) is 0 Å². The Labute approximate surface area is 98.5 Å². The fourth-order valence-corrected chi connectivity index (χ4v) is 3.03. The van der Waals surface area contributed by atoms with Gasteiger partial charge in [0.05, 0.1) is 8.80 Å². The Kier molecular flexibility index (Phi) is 3.11. The Bertz CT molecular complexity index is 474. The first-order chi connectivity index (χ1) is 7.68. The minimum atomic E-state index is -0.430. The van der Waals surface area contributed by atoms with Gasteiger partial charge in [0, 0.05) is 5.69 Å². The van der Waals surface area contributed by atoms with Crippen LogP contribution in [-0.4, -0.2) is 8.80 Å². The molecule has 2 N–H and O–H groups in total. The molecule has 0 saturated carbocycles. The molecule has 0 atom stereocenters. The van der Waals surface area contributed by atoms with Gasteiger partial charge in [0.25, 0.3) is 0 Å². The van der Waals surface area contributed by atoms with E-state index < -0.39 is 8.80 Å². The van der Waals surface area contributed by atoms with E-state index in [0.29, 0.717) is 0 Å². The number of rotatable bonds is 2. The summed E-state index contributed by atoms with van der Waals surface area (Å²) in [6.07, 6.45) is 0. The molecule has 0 aliphatic rings. The van der Waals surface area contributed by atoms with Gasteiger partial charge in [-0.3, -0.25) is 0 Å². The predicted molar refractivity (Wildman–Crippen MR) is 73.4 cm³/mol. The summed E-state index contributed by atoms with van der Waals surface area (Å²) in [6, 6.07) is 16.8. The molecule has 1 radical (unpaired) electrons. The zero-order chi connectivity index (χ0) is 11.5. The highest BCUT2D eigenvalue weighted by Crippen LogP contribution is 2.19. The van der Waals surface area contributed by atoms with Gasteiger partial charge in [-0.15, -0.1) is 0 Å². The maximum Gasteiger partial charge on any atom is 0.0799 e. The van der Waals surface area contributed by atoms with Gasteiger partial charge in [0.2, 0.25) is 0 Å². The van der Waals surface area contributed by atoms with Crippen molar-refractivity contribution in [1.29, 1.82) is 0 Å². The van der Waals surface area contributed by atoms with Crippen molar-refractivity contribution in [3.8, 4) is 11.1 Å². The third kappa shape index (κ3) is 2.17. The van der Waals surface area contributed by atoms with Crippen LogP contribution in [0.25, 0.3) is 11.1 Å². The third-order valence-electron chi connectivity index (χ3n) is 2.69. The second-order valence-electron chi connectivity index (χ2n) is 4.17. The highest BCUT2D eigenvalue weighted by atomic mass is 28.3. The highest BCUT2D eigenvalue weighted by Gasteiger charge is 2.08. The Morgan fingerprint density at radius 3 is 2.12 bits per heavy atom. The Morgan fingerprint density at radius 1 is 0.875 bits per heavy atom. The van der Waals surface area contributed by atoms with Gasteiger partial charge in [0.1, 0.15) is 0 Å². The van der Waals surface area contributed by atoms with Gasteiger partial charge in [-0.1, -0.05) is 54.7 Å². The fourth-order valence-electron chi connectivity index (χ4n) is 1.83. The van der Waals surface area contributed by atoms with Gasteiger partial charge in [-0.2, -0.15) is 0 Å². The summed E-state index contributed by atoms with van der Waals surface area (Å²) in [5.74, 6) is 0. The number of benzene rings is 2. The molecule has 0 fully saturated rings. The van der Waals surface area contributed by atoms with Crippen molar-refractivity contribution >= 4 is 19.7 Å². The molecule has 2 heteroatoms. The van der Waals surface area contributed by atoms with E-state index in [4.69, 9.17) is 5.73 Å². The molecule has 0 unspecified atom stereocenters. The molecule has 2 aromatic rings. The standard InChI is InChI=1S/C14H16NSi/c1-16(2)14-6-4-3-5-13(14)11-7-9-12(15)10-8-11/h3-10H,15H2,1-2H3. The zero-order valence-electron chi connectivity index (χ0n) is 9.70. The van der Waals surface area contributed by atoms with E-state index in [1.807, 2.05) is 12.1 Å². The molecular formula is C14H16NSi. The molecule has 0 aliphatic carbocycles. The average molecular weight is 226 g/mol. The SMILES string of the molecule is C[Si](C)c1ccccc1-c1ccc(N)cc1. The van der Waals surface area contributed by atoms with Gasteiger partial charge in [0.15, 0.2) is 0 Å². The third-order valence-corrected chi connectivity index (χ3v) is 4.20. The van der Waals surface area contributed by atoms with Crippen molar-refractivity contribution in [2.75, 3.05) is 5.73 Å². The van der Waals surface area contributed by atoms with Gasteiger partial charge >= 0.3 is 0 Å². The van der Waals surface area contributed by atoms with Crippen molar-refractivity contribution in [1.82, 2.24) is 0 Å². The summed E-state index contributed by atoms with van der Waals surface area (Å²) in [5, 5.41) is 1.48. The van der Waals surface area contributed by atoms with E-state index in [1.54, 1.807) is 0 Å². The molecule has 2 aromatic carbocycles. The van der Waals surface area contributed by atoms with Gasteiger partial charge in [-0.05, 0) is 23.3 Å². The van der Waals surface area contributed by atoms with E-state index in [1.165, 1.54) is 16.3 Å². The quantitative estimate of drug-likeness (QED) is 0.618. The minimum absolute atomic E-state index is 0.430. The lowest BCUT2D eigenvalue weighted by Gasteiger charge is -2.11. The van der Waals surface area contributed by atoms with Crippen LogP contribution in [0.4, 0.5) is 5.69 Å². The number of hydrogen-bond donors (Lipinski definition) is 1. The first-order valence-electron chi connectivity index (χ1n) is 5.44. The highest BCUT2D eigenvalue weighted by molar-refractivity contribution is 6.72. The van der Waals surface area contributed by atoms with E-state index in [0.717, 1.165) is 5.69 Å². The summed E-state index contributed by atoms with van der Waals surface area (Å²) in [7, 11) is -0.430. The van der Waals surface area contributed by atoms with Crippen molar-refractivity contribution < 1.29 is 0 Å². The summed E-state index contributed by atoms with van der Waals surface area (Å²) >= 11 is 0. The molecule has 0 amide bonds. The van der Waals surface area contributed by atoms with E-state index in [9.17, 15) is 0 Å². The van der Waals surface area contributed by atoms with Crippen LogP contribution in [0, 0.1) is 0 Å². The molecule has 16 heavy (non-hydrogen) atoms. The smallest absolute Gasteiger partial charge is 0.0799 e. The summed E-state index contributed by atoms with van der Waals surface area (Å²) in [6.45, 7) is 4.64. The Hall–Kier alpha value is -1.54. The second-order valence-corrected chi connectivity index (χ2v) is 6.71. The van der Waals surface area contributed by atoms with E-state index in [-0.39, 0.29) is 0 Å². The first kappa shape index (κ1) is 11.0. The summed E-state index contributed by atoms with van der Waals surface area (Å²) in [5.41, 5.74) is 9.14. The molecule has 0 aliphatic heterocycles. The van der Waals surface area contributed by atoms with Crippen LogP contribution in [0.5, 0.6) is 0 Å². The number of nitrogen functional groups attached to an aromatic ring is 1. The maximum atomic E-state index is 5.71. The van der Waals surface area contributed by atoms with Crippen molar-refractivity contribution in [2.24, 2.45) is 0 Å². The molecule has 0 aromatic heterocycles. The predicted octanol–water partition coefficient (Wildman–Crippen LogP) is 2.90. The van der Waals surface area contributed by atoms with Crippen molar-refractivity contribution in [2.45, 2.75) is 13.1 Å². The van der Waals surface area contributed by atoms with Crippen molar-refractivity contribution in [3.05, 3.63) is 48.5 Å². The average Bonchev–Trinajstić information content (AvgIpc) is 2.30. The summed E-state index contributed by atoms with van der Waals surface area (Å²) < 4.78 is 0. The normalized spacial score (nSPS) is 10.7. The second kappa shape index (κ2) is 4.54. The van der Waals surface area contributed by atoms with Crippen LogP contribution in [0.1, 0.15) is 0 Å². The van der Waals surface area contributed by atoms with E-state index in [2.05, 4.69) is 49.5 Å². The molecule has 1 nitrogen and oxygen atoms in total. The Balaban J connectivity index is 2.51. The molecule has 2 rings (SSSR count). The molecule has 0 spiro atoms. The molecule has 0 saturated heterocycles. The fraction of sp³-hybridized carbons (Fsp3) is 0.143.